The second-order valence-corrected chi connectivity index (χ2v) is 5.51. The van der Waals surface area contributed by atoms with Crippen LogP contribution in [0.4, 0.5) is 4.39 Å². The van der Waals surface area contributed by atoms with Crippen LogP contribution in [0.15, 0.2) is 40.9 Å². The Kier molecular flexibility index (Phi) is 5.08. The lowest BCUT2D eigenvalue weighted by Gasteiger charge is -2.09. The maximum absolute atomic E-state index is 13.7. The predicted octanol–water partition coefficient (Wildman–Crippen LogP) is 5.56. The van der Waals surface area contributed by atoms with Crippen molar-refractivity contribution in [2.75, 3.05) is 0 Å². The second kappa shape index (κ2) is 6.60. The number of hydrogen-bond donors (Lipinski definition) is 0. The van der Waals surface area contributed by atoms with Crippen molar-refractivity contribution in [3.8, 4) is 5.75 Å². The zero-order valence-electron chi connectivity index (χ0n) is 9.80. The summed E-state index contributed by atoms with van der Waals surface area (Å²) < 4.78 is 20.0. The van der Waals surface area contributed by atoms with E-state index in [1.165, 1.54) is 6.07 Å². The van der Waals surface area contributed by atoms with E-state index in [-0.39, 0.29) is 18.2 Å². The average molecular weight is 364 g/mol. The minimum Gasteiger partial charge on any atom is -0.486 e. The third kappa shape index (κ3) is 3.85. The van der Waals surface area contributed by atoms with E-state index in [1.54, 1.807) is 18.2 Å². The van der Waals surface area contributed by atoms with Crippen LogP contribution in [0.25, 0.3) is 0 Å². The van der Waals surface area contributed by atoms with Gasteiger partial charge in [0.2, 0.25) is 0 Å². The molecule has 2 rings (SSSR count). The molecule has 0 N–H and O–H groups in total. The summed E-state index contributed by atoms with van der Waals surface area (Å²) in [6.45, 7) is 0.212. The number of benzene rings is 2. The molecule has 5 heteroatoms. The van der Waals surface area contributed by atoms with Crippen molar-refractivity contribution in [3.05, 3.63) is 62.8 Å². The Balaban J connectivity index is 2.10. The van der Waals surface area contributed by atoms with Gasteiger partial charge in [-0.05, 0) is 29.8 Å². The van der Waals surface area contributed by atoms with Crippen LogP contribution in [0.1, 0.15) is 11.1 Å². The van der Waals surface area contributed by atoms with E-state index in [0.29, 0.717) is 10.6 Å². The highest BCUT2D eigenvalue weighted by Gasteiger charge is 2.07. The van der Waals surface area contributed by atoms with E-state index in [2.05, 4.69) is 15.9 Å². The van der Waals surface area contributed by atoms with Crippen molar-refractivity contribution in [1.29, 1.82) is 0 Å². The molecule has 0 radical (unpaired) electrons. The van der Waals surface area contributed by atoms with Gasteiger partial charge in [-0.25, -0.2) is 4.39 Å². The minimum atomic E-state index is -0.425. The van der Waals surface area contributed by atoms with Gasteiger partial charge in [0.1, 0.15) is 6.61 Å². The third-order valence-corrected chi connectivity index (χ3v) is 3.70. The highest BCUT2D eigenvalue weighted by Crippen LogP contribution is 2.24. The molecule has 0 aliphatic heterocycles. The number of hydrogen-bond acceptors (Lipinski definition) is 1. The highest BCUT2D eigenvalue weighted by atomic mass is 79.9. The number of ether oxygens (including phenoxy) is 1. The topological polar surface area (TPSA) is 9.23 Å². The molecule has 19 heavy (non-hydrogen) atoms. The molecule has 0 bridgehead atoms. The Bertz CT molecular complexity index is 590. The van der Waals surface area contributed by atoms with Gasteiger partial charge < -0.3 is 4.74 Å². The number of halogens is 4. The molecular weight excluding hydrogens is 354 g/mol. The first-order valence-electron chi connectivity index (χ1n) is 5.51. The second-order valence-electron chi connectivity index (χ2n) is 3.92. The molecular formula is C14H10BrCl2FO. The molecule has 0 unspecified atom stereocenters. The molecule has 1 nitrogen and oxygen atoms in total. The number of alkyl halides is 1. The normalized spacial score (nSPS) is 10.5. The van der Waals surface area contributed by atoms with Crippen molar-refractivity contribution < 1.29 is 9.13 Å². The Hall–Kier alpha value is -0.770. The zero-order valence-corrected chi connectivity index (χ0v) is 12.9. The minimum absolute atomic E-state index is 0.188. The van der Waals surface area contributed by atoms with Crippen LogP contribution >= 0.6 is 39.1 Å². The fraction of sp³-hybridized carbons (Fsp3) is 0.143. The Morgan fingerprint density at radius 2 is 1.95 bits per heavy atom. The fourth-order valence-corrected chi connectivity index (χ4v) is 2.43. The lowest BCUT2D eigenvalue weighted by atomic mass is 10.2. The van der Waals surface area contributed by atoms with Gasteiger partial charge in [0.15, 0.2) is 11.6 Å². The smallest absolute Gasteiger partial charge is 0.165 e. The van der Waals surface area contributed by atoms with Crippen LogP contribution in [0.3, 0.4) is 0 Å². The van der Waals surface area contributed by atoms with Gasteiger partial charge in [-0.3, -0.25) is 0 Å². The summed E-state index contributed by atoms with van der Waals surface area (Å²) in [6, 6.07) is 10.1. The first-order valence-corrected chi connectivity index (χ1v) is 7.22. The maximum atomic E-state index is 13.7. The molecule has 0 aromatic heterocycles. The third-order valence-electron chi connectivity index (χ3n) is 2.55. The van der Waals surface area contributed by atoms with E-state index in [1.807, 2.05) is 12.1 Å². The monoisotopic (exact) mass is 362 g/mol. The van der Waals surface area contributed by atoms with Crippen LogP contribution in [-0.4, -0.2) is 0 Å². The van der Waals surface area contributed by atoms with Crippen molar-refractivity contribution in [3.63, 3.8) is 0 Å². The van der Waals surface area contributed by atoms with Crippen LogP contribution in [-0.2, 0) is 12.5 Å². The summed E-state index contributed by atoms with van der Waals surface area (Å²) in [5.74, 6) is 0.0367. The summed E-state index contributed by atoms with van der Waals surface area (Å²) in [7, 11) is 0. The Labute approximate surface area is 129 Å². The summed E-state index contributed by atoms with van der Waals surface area (Å²) >= 11 is 15.0. The Morgan fingerprint density at radius 1 is 1.16 bits per heavy atom. The maximum Gasteiger partial charge on any atom is 0.165 e. The summed E-state index contributed by atoms with van der Waals surface area (Å²) in [6.07, 6.45) is 0. The first kappa shape index (κ1) is 14.6. The van der Waals surface area contributed by atoms with Gasteiger partial charge in [0.05, 0.1) is 0 Å². The lowest BCUT2D eigenvalue weighted by molar-refractivity contribution is 0.290. The molecule has 0 aliphatic carbocycles. The molecule has 0 aliphatic rings. The molecule has 2 aromatic rings. The van der Waals surface area contributed by atoms with Crippen LogP contribution < -0.4 is 4.74 Å². The molecule has 0 spiro atoms. The van der Waals surface area contributed by atoms with E-state index in [9.17, 15) is 4.39 Å². The summed E-state index contributed by atoms with van der Waals surface area (Å²) in [5, 5.41) is 0.576. The molecule has 0 fully saturated rings. The van der Waals surface area contributed by atoms with E-state index < -0.39 is 5.82 Å². The molecule has 0 heterocycles. The van der Waals surface area contributed by atoms with Gasteiger partial charge in [0.25, 0.3) is 0 Å². The van der Waals surface area contributed by atoms with Crippen molar-refractivity contribution in [1.82, 2.24) is 0 Å². The standard InChI is InChI=1S/C14H10BrCl2FO/c15-11-3-2-10(12(17)6-11)8-19-14-4-1-9(7-16)5-13(14)18/h1-6H,7-8H2. The molecule has 0 atom stereocenters. The molecule has 0 saturated heterocycles. The van der Waals surface area contributed by atoms with Crippen LogP contribution in [0.2, 0.25) is 5.02 Å². The van der Waals surface area contributed by atoms with Gasteiger partial charge in [-0.15, -0.1) is 11.6 Å². The predicted molar refractivity (Wildman–Crippen MR) is 79.4 cm³/mol. The van der Waals surface area contributed by atoms with Crippen molar-refractivity contribution >= 4 is 39.1 Å². The molecule has 0 amide bonds. The van der Waals surface area contributed by atoms with Gasteiger partial charge in [0, 0.05) is 20.9 Å². The van der Waals surface area contributed by atoms with E-state index in [4.69, 9.17) is 27.9 Å². The average Bonchev–Trinajstić information content (AvgIpc) is 2.39. The Morgan fingerprint density at radius 3 is 2.58 bits per heavy atom. The lowest BCUT2D eigenvalue weighted by Crippen LogP contribution is -1.98. The fourth-order valence-electron chi connectivity index (χ4n) is 1.54. The van der Waals surface area contributed by atoms with Gasteiger partial charge in [-0.2, -0.15) is 0 Å². The molecule has 0 saturated carbocycles. The quantitative estimate of drug-likeness (QED) is 0.646. The zero-order chi connectivity index (χ0) is 13.8. The van der Waals surface area contributed by atoms with Gasteiger partial charge in [-0.1, -0.05) is 39.7 Å². The SMILES string of the molecule is Fc1cc(CCl)ccc1OCc1ccc(Br)cc1Cl. The number of rotatable bonds is 4. The highest BCUT2D eigenvalue weighted by molar-refractivity contribution is 9.10. The van der Waals surface area contributed by atoms with Crippen molar-refractivity contribution in [2.24, 2.45) is 0 Å². The largest absolute Gasteiger partial charge is 0.486 e. The molecule has 2 aromatic carbocycles. The van der Waals surface area contributed by atoms with E-state index in [0.717, 1.165) is 10.0 Å². The summed E-state index contributed by atoms with van der Waals surface area (Å²) in [5.41, 5.74) is 1.51. The molecule has 100 valence electrons. The van der Waals surface area contributed by atoms with Crippen LogP contribution in [0, 0.1) is 5.82 Å². The van der Waals surface area contributed by atoms with E-state index >= 15 is 0 Å². The summed E-state index contributed by atoms with van der Waals surface area (Å²) in [4.78, 5) is 0. The first-order chi connectivity index (χ1) is 9.10. The van der Waals surface area contributed by atoms with Crippen molar-refractivity contribution in [2.45, 2.75) is 12.5 Å². The van der Waals surface area contributed by atoms with Crippen LogP contribution in [0.5, 0.6) is 5.75 Å². The van der Waals surface area contributed by atoms with Gasteiger partial charge >= 0.3 is 0 Å².